The molecular formula is C11H14O4S. The van der Waals surface area contributed by atoms with Crippen LogP contribution in [0, 0.1) is 0 Å². The van der Waals surface area contributed by atoms with Gasteiger partial charge in [-0.15, -0.1) is 0 Å². The summed E-state index contributed by atoms with van der Waals surface area (Å²) in [5.74, 6) is 0. The minimum atomic E-state index is -4.27. The Labute approximate surface area is 94.7 Å². The summed E-state index contributed by atoms with van der Waals surface area (Å²) < 4.78 is 31.5. The summed E-state index contributed by atoms with van der Waals surface area (Å²) in [5.41, 5.74) is -0.790. The molecule has 1 aromatic rings. The van der Waals surface area contributed by atoms with Crippen LogP contribution >= 0.6 is 0 Å². The quantitative estimate of drug-likeness (QED) is 0.774. The van der Waals surface area contributed by atoms with Gasteiger partial charge in [-0.3, -0.25) is 4.55 Å². The zero-order valence-corrected chi connectivity index (χ0v) is 9.57. The Hall–Kier alpha value is -0.910. The van der Waals surface area contributed by atoms with E-state index in [0.717, 1.165) is 12.8 Å². The van der Waals surface area contributed by atoms with Crippen molar-refractivity contribution in [2.45, 2.75) is 36.2 Å². The highest BCUT2D eigenvalue weighted by Gasteiger charge is 2.36. The normalized spacial score (nSPS) is 19.9. The summed E-state index contributed by atoms with van der Waals surface area (Å²) in [5, 5.41) is 10.3. The molecule has 0 amide bonds. The lowest BCUT2D eigenvalue weighted by Gasteiger charge is -2.24. The van der Waals surface area contributed by atoms with Crippen molar-refractivity contribution in [3.8, 4) is 0 Å². The molecule has 4 nitrogen and oxygen atoms in total. The van der Waals surface area contributed by atoms with Gasteiger partial charge < -0.3 is 5.11 Å². The lowest BCUT2D eigenvalue weighted by Crippen LogP contribution is -2.23. The number of rotatable bonds is 2. The van der Waals surface area contributed by atoms with Crippen molar-refractivity contribution >= 4 is 10.1 Å². The largest absolute Gasteiger partial charge is 0.385 e. The maximum absolute atomic E-state index is 11.2. The van der Waals surface area contributed by atoms with Gasteiger partial charge in [-0.05, 0) is 18.9 Å². The monoisotopic (exact) mass is 242 g/mol. The van der Waals surface area contributed by atoms with Gasteiger partial charge in [0.2, 0.25) is 0 Å². The highest BCUT2D eigenvalue weighted by Crippen LogP contribution is 2.40. The van der Waals surface area contributed by atoms with Crippen LogP contribution < -0.4 is 0 Å². The number of benzene rings is 1. The highest BCUT2D eigenvalue weighted by atomic mass is 32.2. The summed E-state index contributed by atoms with van der Waals surface area (Å²) in [6, 6.07) is 6.08. The first-order chi connectivity index (χ1) is 7.43. The van der Waals surface area contributed by atoms with Gasteiger partial charge in [-0.2, -0.15) is 8.42 Å². The van der Waals surface area contributed by atoms with Crippen molar-refractivity contribution < 1.29 is 18.1 Å². The predicted molar refractivity (Wildman–Crippen MR) is 58.6 cm³/mol. The molecule has 5 heteroatoms. The van der Waals surface area contributed by atoms with E-state index in [0.29, 0.717) is 18.4 Å². The van der Waals surface area contributed by atoms with Crippen molar-refractivity contribution in [3.05, 3.63) is 29.8 Å². The molecule has 0 aromatic heterocycles. The van der Waals surface area contributed by atoms with Crippen molar-refractivity contribution in [2.75, 3.05) is 0 Å². The average molecular weight is 242 g/mol. The maximum Gasteiger partial charge on any atom is 0.294 e. The van der Waals surface area contributed by atoms with Crippen LogP contribution in [0.25, 0.3) is 0 Å². The highest BCUT2D eigenvalue weighted by molar-refractivity contribution is 7.85. The lowest BCUT2D eigenvalue weighted by molar-refractivity contribution is 0.0414. The fourth-order valence-corrected chi connectivity index (χ4v) is 3.09. The Morgan fingerprint density at radius 1 is 1.12 bits per heavy atom. The molecule has 0 spiro atoms. The van der Waals surface area contributed by atoms with E-state index in [9.17, 15) is 13.5 Å². The van der Waals surface area contributed by atoms with E-state index < -0.39 is 15.7 Å². The second-order valence-electron chi connectivity index (χ2n) is 4.21. The summed E-state index contributed by atoms with van der Waals surface area (Å²) >= 11 is 0. The van der Waals surface area contributed by atoms with Gasteiger partial charge in [0.15, 0.2) is 0 Å². The van der Waals surface area contributed by atoms with E-state index in [4.69, 9.17) is 4.55 Å². The Morgan fingerprint density at radius 2 is 1.69 bits per heavy atom. The summed E-state index contributed by atoms with van der Waals surface area (Å²) in [7, 11) is -4.27. The maximum atomic E-state index is 11.2. The molecule has 16 heavy (non-hydrogen) atoms. The fraction of sp³-hybridized carbons (Fsp3) is 0.455. The Morgan fingerprint density at radius 3 is 2.25 bits per heavy atom. The smallest absolute Gasteiger partial charge is 0.294 e. The lowest BCUT2D eigenvalue weighted by atomic mass is 9.92. The SMILES string of the molecule is O=S(=O)(O)c1ccccc1C1(O)CCCC1. The van der Waals surface area contributed by atoms with Gasteiger partial charge in [0.25, 0.3) is 10.1 Å². The molecule has 1 fully saturated rings. The summed E-state index contributed by atoms with van der Waals surface area (Å²) in [4.78, 5) is -0.181. The van der Waals surface area contributed by atoms with Crippen LogP contribution in [0.2, 0.25) is 0 Å². The van der Waals surface area contributed by atoms with Gasteiger partial charge in [-0.25, -0.2) is 0 Å². The number of hydrogen-bond donors (Lipinski definition) is 2. The number of aliphatic hydroxyl groups is 1. The van der Waals surface area contributed by atoms with Crippen molar-refractivity contribution in [3.63, 3.8) is 0 Å². The third kappa shape index (κ3) is 1.98. The van der Waals surface area contributed by atoms with Crippen LogP contribution in [-0.2, 0) is 15.7 Å². The molecule has 1 aliphatic carbocycles. The minimum Gasteiger partial charge on any atom is -0.385 e. The molecule has 0 saturated heterocycles. The first kappa shape index (κ1) is 11.6. The van der Waals surface area contributed by atoms with Crippen LogP contribution in [0.3, 0.4) is 0 Å². The zero-order chi connectivity index (χ0) is 11.8. The van der Waals surface area contributed by atoms with Crippen LogP contribution in [-0.4, -0.2) is 18.1 Å². The van der Waals surface area contributed by atoms with E-state index in [1.165, 1.54) is 12.1 Å². The fourth-order valence-electron chi connectivity index (χ4n) is 2.31. The molecule has 2 N–H and O–H groups in total. The average Bonchev–Trinajstić information content (AvgIpc) is 2.65. The molecule has 0 heterocycles. The third-order valence-corrected chi connectivity index (χ3v) is 4.01. The van der Waals surface area contributed by atoms with Crippen molar-refractivity contribution in [1.29, 1.82) is 0 Å². The summed E-state index contributed by atoms with van der Waals surface area (Å²) in [6.45, 7) is 0. The first-order valence-corrected chi connectivity index (χ1v) is 6.67. The Bertz CT molecular complexity index is 486. The molecule has 0 atom stereocenters. The van der Waals surface area contributed by atoms with Crippen molar-refractivity contribution in [2.24, 2.45) is 0 Å². The summed E-state index contributed by atoms with van der Waals surface area (Å²) in [6.07, 6.45) is 2.83. The molecule has 1 saturated carbocycles. The zero-order valence-electron chi connectivity index (χ0n) is 8.76. The molecule has 0 aliphatic heterocycles. The molecule has 1 aliphatic rings. The van der Waals surface area contributed by atoms with Crippen LogP contribution in [0.4, 0.5) is 0 Å². The van der Waals surface area contributed by atoms with E-state index in [-0.39, 0.29) is 4.90 Å². The second kappa shape index (κ2) is 3.84. The van der Waals surface area contributed by atoms with E-state index >= 15 is 0 Å². The van der Waals surface area contributed by atoms with E-state index in [1.54, 1.807) is 12.1 Å². The van der Waals surface area contributed by atoms with Gasteiger partial charge in [-0.1, -0.05) is 31.0 Å². The number of hydrogen-bond acceptors (Lipinski definition) is 3. The molecule has 1 aromatic carbocycles. The first-order valence-electron chi connectivity index (χ1n) is 5.23. The van der Waals surface area contributed by atoms with Gasteiger partial charge in [0.1, 0.15) is 0 Å². The topological polar surface area (TPSA) is 74.6 Å². The molecule has 0 radical (unpaired) electrons. The van der Waals surface area contributed by atoms with Gasteiger partial charge in [0, 0.05) is 5.56 Å². The molecule has 0 bridgehead atoms. The van der Waals surface area contributed by atoms with E-state index in [2.05, 4.69) is 0 Å². The van der Waals surface area contributed by atoms with Crippen LogP contribution in [0.15, 0.2) is 29.2 Å². The van der Waals surface area contributed by atoms with Gasteiger partial charge >= 0.3 is 0 Å². The van der Waals surface area contributed by atoms with Gasteiger partial charge in [0.05, 0.1) is 10.5 Å². The Balaban J connectivity index is 2.57. The van der Waals surface area contributed by atoms with Crippen molar-refractivity contribution in [1.82, 2.24) is 0 Å². The Kier molecular flexibility index (Phi) is 2.77. The minimum absolute atomic E-state index is 0.181. The molecule has 0 unspecified atom stereocenters. The van der Waals surface area contributed by atoms with Crippen LogP contribution in [0.1, 0.15) is 31.2 Å². The third-order valence-electron chi connectivity index (χ3n) is 3.10. The van der Waals surface area contributed by atoms with E-state index in [1.807, 2.05) is 0 Å². The van der Waals surface area contributed by atoms with Crippen LogP contribution in [0.5, 0.6) is 0 Å². The second-order valence-corrected chi connectivity index (χ2v) is 5.60. The predicted octanol–water partition coefficient (Wildman–Crippen LogP) is 1.69. The molecular weight excluding hydrogens is 228 g/mol. The standard InChI is InChI=1S/C11H14O4S/c12-11(7-3-4-8-11)9-5-1-2-6-10(9)16(13,14)15/h1-2,5-6,12H,3-4,7-8H2,(H,13,14,15). The molecule has 88 valence electrons. The molecule has 2 rings (SSSR count).